The van der Waals surface area contributed by atoms with Gasteiger partial charge >= 0.3 is 0 Å². The van der Waals surface area contributed by atoms with Crippen LogP contribution in [0.1, 0.15) is 11.3 Å². The van der Waals surface area contributed by atoms with E-state index in [4.69, 9.17) is 0 Å². The van der Waals surface area contributed by atoms with E-state index in [0.29, 0.717) is 0 Å². The highest BCUT2D eigenvalue weighted by molar-refractivity contribution is 5.80. The van der Waals surface area contributed by atoms with E-state index in [1.54, 1.807) is 23.0 Å². The smallest absolute Gasteiger partial charge is 0.258 e. The molecule has 0 saturated heterocycles. The first kappa shape index (κ1) is 12.3. The molecule has 0 fully saturated rings. The Balaban J connectivity index is 2.17. The molecule has 0 N–H and O–H groups in total. The van der Waals surface area contributed by atoms with Crippen molar-refractivity contribution in [3.63, 3.8) is 0 Å². The summed E-state index contributed by atoms with van der Waals surface area (Å²) < 4.78 is 1.70. The lowest BCUT2D eigenvalue weighted by Crippen LogP contribution is -1.98. The van der Waals surface area contributed by atoms with Crippen molar-refractivity contribution in [1.82, 2.24) is 14.8 Å². The van der Waals surface area contributed by atoms with Crippen molar-refractivity contribution in [2.75, 3.05) is 0 Å². The van der Waals surface area contributed by atoms with Gasteiger partial charge in [0.2, 0.25) is 0 Å². The molecule has 0 aliphatic heterocycles. The summed E-state index contributed by atoms with van der Waals surface area (Å²) in [5.74, 6) is 0. The molecule has 0 bridgehead atoms. The molecule has 20 heavy (non-hydrogen) atoms. The van der Waals surface area contributed by atoms with Gasteiger partial charge in [-0.15, -0.1) is 0 Å². The summed E-state index contributed by atoms with van der Waals surface area (Å²) in [4.78, 5) is 14.7. The molecule has 3 rings (SSSR count). The minimum absolute atomic E-state index is 0.0609. The summed E-state index contributed by atoms with van der Waals surface area (Å²) in [6.45, 7) is 3.90. The molecule has 3 aromatic rings. The highest BCUT2D eigenvalue weighted by Gasteiger charge is 2.11. The number of aromatic nitrogens is 3. The second-order valence-corrected chi connectivity index (χ2v) is 4.65. The second-order valence-electron chi connectivity index (χ2n) is 4.65. The highest BCUT2D eigenvalue weighted by atomic mass is 16.6. The third kappa shape index (κ3) is 1.91. The fourth-order valence-electron chi connectivity index (χ4n) is 2.14. The van der Waals surface area contributed by atoms with Gasteiger partial charge in [-0.2, -0.15) is 5.10 Å². The standard InChI is InChI=1S/C14H12N4O2/c1-9-7-13-10(2)16-17(14(13)15-8-9)11-3-5-12(6-4-11)18(19)20/h3-8H,1-2H3. The molecule has 1 aromatic carbocycles. The Kier molecular flexibility index (Phi) is 2.71. The molecule has 0 aliphatic rings. The summed E-state index contributed by atoms with van der Waals surface area (Å²) in [6.07, 6.45) is 1.78. The van der Waals surface area contributed by atoms with Crippen LogP contribution in [0.4, 0.5) is 5.69 Å². The minimum Gasteiger partial charge on any atom is -0.258 e. The highest BCUT2D eigenvalue weighted by Crippen LogP contribution is 2.22. The molecule has 0 saturated carbocycles. The molecule has 0 spiro atoms. The van der Waals surface area contributed by atoms with Crippen molar-refractivity contribution < 1.29 is 4.92 Å². The minimum atomic E-state index is -0.419. The summed E-state index contributed by atoms with van der Waals surface area (Å²) in [5.41, 5.74) is 3.52. The van der Waals surface area contributed by atoms with E-state index < -0.39 is 4.92 Å². The van der Waals surface area contributed by atoms with Crippen molar-refractivity contribution in [2.45, 2.75) is 13.8 Å². The van der Waals surface area contributed by atoms with Crippen LogP contribution in [0, 0.1) is 24.0 Å². The van der Waals surface area contributed by atoms with Gasteiger partial charge in [0.25, 0.3) is 5.69 Å². The van der Waals surface area contributed by atoms with E-state index in [9.17, 15) is 10.1 Å². The zero-order valence-corrected chi connectivity index (χ0v) is 11.1. The number of nitro groups is 1. The Morgan fingerprint density at radius 3 is 2.55 bits per heavy atom. The van der Waals surface area contributed by atoms with Gasteiger partial charge in [0, 0.05) is 23.7 Å². The van der Waals surface area contributed by atoms with Crippen LogP contribution in [0.2, 0.25) is 0 Å². The van der Waals surface area contributed by atoms with Gasteiger partial charge in [0.05, 0.1) is 16.3 Å². The van der Waals surface area contributed by atoms with Crippen molar-refractivity contribution in [2.24, 2.45) is 0 Å². The number of nitrogens with zero attached hydrogens (tertiary/aromatic N) is 4. The van der Waals surface area contributed by atoms with Gasteiger partial charge in [0.15, 0.2) is 5.65 Å². The third-order valence-electron chi connectivity index (χ3n) is 3.15. The number of benzene rings is 1. The maximum absolute atomic E-state index is 10.7. The number of non-ortho nitro benzene ring substituents is 1. The first-order chi connectivity index (χ1) is 9.56. The molecule has 2 aromatic heterocycles. The first-order valence-electron chi connectivity index (χ1n) is 6.13. The second kappa shape index (κ2) is 4.41. The van der Waals surface area contributed by atoms with Gasteiger partial charge in [0.1, 0.15) is 0 Å². The van der Waals surface area contributed by atoms with Crippen LogP contribution in [0.5, 0.6) is 0 Å². The number of hydrogen-bond donors (Lipinski definition) is 0. The topological polar surface area (TPSA) is 73.8 Å². The van der Waals surface area contributed by atoms with Gasteiger partial charge in [-0.1, -0.05) is 0 Å². The Hall–Kier alpha value is -2.76. The SMILES string of the molecule is Cc1cnc2c(c1)c(C)nn2-c1ccc([N+](=O)[O-])cc1. The van der Waals surface area contributed by atoms with Crippen LogP contribution < -0.4 is 0 Å². The number of rotatable bonds is 2. The summed E-state index contributed by atoms with van der Waals surface area (Å²) in [5, 5.41) is 16.1. The first-order valence-corrected chi connectivity index (χ1v) is 6.13. The monoisotopic (exact) mass is 268 g/mol. The maximum Gasteiger partial charge on any atom is 0.269 e. The van der Waals surface area contributed by atoms with Crippen LogP contribution in [-0.2, 0) is 0 Å². The quantitative estimate of drug-likeness (QED) is 0.529. The van der Waals surface area contributed by atoms with Crippen molar-refractivity contribution in [1.29, 1.82) is 0 Å². The summed E-state index contributed by atoms with van der Waals surface area (Å²) in [7, 11) is 0. The number of pyridine rings is 1. The van der Waals surface area contributed by atoms with Crippen LogP contribution in [0.25, 0.3) is 16.7 Å². The fourth-order valence-corrected chi connectivity index (χ4v) is 2.14. The van der Waals surface area contributed by atoms with Crippen LogP contribution in [0.15, 0.2) is 36.5 Å². The lowest BCUT2D eigenvalue weighted by molar-refractivity contribution is -0.384. The molecule has 0 radical (unpaired) electrons. The molecule has 0 atom stereocenters. The number of fused-ring (bicyclic) bond motifs is 1. The van der Waals surface area contributed by atoms with Crippen molar-refractivity contribution in [3.8, 4) is 5.69 Å². The van der Waals surface area contributed by atoms with Crippen LogP contribution in [-0.4, -0.2) is 19.7 Å². The van der Waals surface area contributed by atoms with Gasteiger partial charge in [-0.25, -0.2) is 9.67 Å². The number of nitro benzene ring substituents is 1. The van der Waals surface area contributed by atoms with E-state index in [-0.39, 0.29) is 5.69 Å². The van der Waals surface area contributed by atoms with E-state index in [1.807, 2.05) is 19.9 Å². The fraction of sp³-hybridized carbons (Fsp3) is 0.143. The number of hydrogen-bond acceptors (Lipinski definition) is 4. The lowest BCUT2D eigenvalue weighted by Gasteiger charge is -2.02. The average Bonchev–Trinajstić information content (AvgIpc) is 2.76. The Bertz CT molecular complexity index is 806. The van der Waals surface area contributed by atoms with E-state index >= 15 is 0 Å². The van der Waals surface area contributed by atoms with Crippen molar-refractivity contribution in [3.05, 3.63) is 57.9 Å². The Labute approximate surface area is 114 Å². The third-order valence-corrected chi connectivity index (χ3v) is 3.15. The largest absolute Gasteiger partial charge is 0.269 e. The lowest BCUT2D eigenvalue weighted by atomic mass is 10.2. The molecule has 0 amide bonds. The molecule has 100 valence electrons. The van der Waals surface area contributed by atoms with Crippen molar-refractivity contribution >= 4 is 16.7 Å². The van der Waals surface area contributed by atoms with E-state index in [0.717, 1.165) is 28.0 Å². The predicted octanol–water partition coefficient (Wildman–Crippen LogP) is 2.95. The molecule has 6 nitrogen and oxygen atoms in total. The summed E-state index contributed by atoms with van der Waals surface area (Å²) in [6, 6.07) is 8.31. The molecular formula is C14H12N4O2. The average molecular weight is 268 g/mol. The predicted molar refractivity (Wildman–Crippen MR) is 75.0 cm³/mol. The zero-order valence-electron chi connectivity index (χ0n) is 11.1. The Morgan fingerprint density at radius 1 is 1.20 bits per heavy atom. The molecule has 0 aliphatic carbocycles. The summed E-state index contributed by atoms with van der Waals surface area (Å²) >= 11 is 0. The van der Waals surface area contributed by atoms with E-state index in [2.05, 4.69) is 10.1 Å². The molecule has 0 unspecified atom stereocenters. The van der Waals surface area contributed by atoms with Gasteiger partial charge < -0.3 is 0 Å². The molecular weight excluding hydrogens is 256 g/mol. The Morgan fingerprint density at radius 2 is 1.90 bits per heavy atom. The van der Waals surface area contributed by atoms with Gasteiger partial charge in [-0.05, 0) is 37.6 Å². The zero-order chi connectivity index (χ0) is 14.3. The van der Waals surface area contributed by atoms with E-state index in [1.165, 1.54) is 12.1 Å². The molecule has 6 heteroatoms. The van der Waals surface area contributed by atoms with Gasteiger partial charge in [-0.3, -0.25) is 10.1 Å². The molecule has 2 heterocycles. The number of aryl methyl sites for hydroxylation is 2. The van der Waals surface area contributed by atoms with Crippen LogP contribution in [0.3, 0.4) is 0 Å². The van der Waals surface area contributed by atoms with Crippen LogP contribution >= 0.6 is 0 Å². The maximum atomic E-state index is 10.7. The normalized spacial score (nSPS) is 10.9.